The van der Waals surface area contributed by atoms with Gasteiger partial charge in [0.1, 0.15) is 17.5 Å². The number of methoxy groups -OCH3 is 1. The number of carbonyl (C=O) groups is 1. The Labute approximate surface area is 123 Å². The van der Waals surface area contributed by atoms with Crippen LogP contribution in [0.2, 0.25) is 0 Å². The van der Waals surface area contributed by atoms with Crippen LogP contribution in [0.15, 0.2) is 54.6 Å². The van der Waals surface area contributed by atoms with E-state index in [1.54, 1.807) is 18.2 Å². The van der Waals surface area contributed by atoms with E-state index in [0.29, 0.717) is 11.4 Å². The van der Waals surface area contributed by atoms with E-state index in [4.69, 9.17) is 14.6 Å². The molecule has 2 aromatic rings. The third kappa shape index (κ3) is 4.50. The van der Waals surface area contributed by atoms with E-state index >= 15 is 0 Å². The summed E-state index contributed by atoms with van der Waals surface area (Å²) in [6.07, 6.45) is 0. The van der Waals surface area contributed by atoms with Gasteiger partial charge >= 0.3 is 5.97 Å². The molecule has 0 aromatic heterocycles. The third-order valence-electron chi connectivity index (χ3n) is 2.79. The van der Waals surface area contributed by atoms with Gasteiger partial charge in [-0.1, -0.05) is 24.3 Å². The number of nitrogens with one attached hydrogen (secondary N) is 1. The second-order valence-electron chi connectivity index (χ2n) is 4.43. The van der Waals surface area contributed by atoms with Crippen LogP contribution in [0.4, 0.5) is 5.69 Å². The van der Waals surface area contributed by atoms with E-state index in [9.17, 15) is 4.79 Å². The predicted octanol–water partition coefficient (Wildman–Crippen LogP) is 2.99. The molecule has 0 aliphatic carbocycles. The number of benzene rings is 2. The first-order valence-corrected chi connectivity index (χ1v) is 6.50. The molecule has 0 saturated heterocycles. The van der Waals surface area contributed by atoms with Gasteiger partial charge in [0.05, 0.1) is 6.61 Å². The second kappa shape index (κ2) is 7.31. The Morgan fingerprint density at radius 1 is 1.14 bits per heavy atom. The molecule has 0 spiro atoms. The van der Waals surface area contributed by atoms with Crippen molar-refractivity contribution in [2.24, 2.45) is 0 Å². The smallest absolute Gasteiger partial charge is 0.328 e. The fourth-order valence-corrected chi connectivity index (χ4v) is 1.82. The van der Waals surface area contributed by atoms with Crippen LogP contribution in [0.25, 0.3) is 0 Å². The molecular formula is C16H17NO4. The number of anilines is 1. The second-order valence-corrected chi connectivity index (χ2v) is 4.43. The monoisotopic (exact) mass is 287 g/mol. The Morgan fingerprint density at radius 2 is 1.86 bits per heavy atom. The van der Waals surface area contributed by atoms with Crippen LogP contribution >= 0.6 is 0 Å². The van der Waals surface area contributed by atoms with E-state index in [0.717, 1.165) is 5.75 Å². The summed E-state index contributed by atoms with van der Waals surface area (Å²) in [4.78, 5) is 11.1. The van der Waals surface area contributed by atoms with Gasteiger partial charge in [0, 0.05) is 18.9 Å². The number of rotatable bonds is 7. The molecule has 110 valence electrons. The number of aliphatic carboxylic acids is 1. The van der Waals surface area contributed by atoms with Crippen LogP contribution < -0.4 is 10.1 Å². The summed E-state index contributed by atoms with van der Waals surface area (Å²) in [5, 5.41) is 12.0. The maximum atomic E-state index is 11.1. The molecule has 0 aliphatic rings. The topological polar surface area (TPSA) is 67.8 Å². The average molecular weight is 287 g/mol. The largest absolute Gasteiger partial charge is 0.480 e. The molecule has 1 unspecified atom stereocenters. The molecule has 0 aliphatic heterocycles. The average Bonchev–Trinajstić information content (AvgIpc) is 2.48. The highest BCUT2D eigenvalue weighted by atomic mass is 16.5. The lowest BCUT2D eigenvalue weighted by molar-refractivity contribution is -0.139. The lowest BCUT2D eigenvalue weighted by atomic mass is 10.2. The predicted molar refractivity (Wildman–Crippen MR) is 79.9 cm³/mol. The molecule has 21 heavy (non-hydrogen) atoms. The molecule has 2 N–H and O–H groups in total. The van der Waals surface area contributed by atoms with Crippen molar-refractivity contribution in [2.45, 2.75) is 6.04 Å². The van der Waals surface area contributed by atoms with Gasteiger partial charge < -0.3 is 19.9 Å². The van der Waals surface area contributed by atoms with Gasteiger partial charge in [-0.25, -0.2) is 4.79 Å². The van der Waals surface area contributed by atoms with E-state index in [1.165, 1.54) is 7.11 Å². The summed E-state index contributed by atoms with van der Waals surface area (Å²) in [6, 6.07) is 15.7. The molecule has 2 aromatic carbocycles. The maximum Gasteiger partial charge on any atom is 0.328 e. The van der Waals surface area contributed by atoms with E-state index in [-0.39, 0.29) is 6.61 Å². The van der Waals surface area contributed by atoms with Crippen LogP contribution in [-0.2, 0) is 9.53 Å². The van der Waals surface area contributed by atoms with Crippen molar-refractivity contribution in [3.63, 3.8) is 0 Å². The highest BCUT2D eigenvalue weighted by molar-refractivity contribution is 5.77. The van der Waals surface area contributed by atoms with Gasteiger partial charge in [-0.3, -0.25) is 0 Å². The molecule has 5 nitrogen and oxygen atoms in total. The Balaban J connectivity index is 2.08. The Bertz CT molecular complexity index is 586. The van der Waals surface area contributed by atoms with Crippen LogP contribution in [0.5, 0.6) is 11.5 Å². The Morgan fingerprint density at radius 3 is 2.52 bits per heavy atom. The number of ether oxygens (including phenoxy) is 2. The number of carboxylic acid groups (broad SMARTS) is 1. The van der Waals surface area contributed by atoms with Gasteiger partial charge in [0.2, 0.25) is 0 Å². The number of hydrogen-bond donors (Lipinski definition) is 2. The first kappa shape index (κ1) is 14.9. The summed E-state index contributed by atoms with van der Waals surface area (Å²) < 4.78 is 10.6. The molecule has 0 radical (unpaired) electrons. The number of hydrogen-bond acceptors (Lipinski definition) is 4. The lowest BCUT2D eigenvalue weighted by Gasteiger charge is -2.15. The highest BCUT2D eigenvalue weighted by Gasteiger charge is 2.16. The van der Waals surface area contributed by atoms with Crippen LogP contribution in [-0.4, -0.2) is 30.8 Å². The zero-order valence-electron chi connectivity index (χ0n) is 11.7. The normalized spacial score (nSPS) is 11.7. The molecule has 0 heterocycles. The van der Waals surface area contributed by atoms with E-state index < -0.39 is 12.0 Å². The number of para-hydroxylation sites is 1. The van der Waals surface area contributed by atoms with Crippen molar-refractivity contribution in [3.8, 4) is 11.5 Å². The molecule has 0 bridgehead atoms. The summed E-state index contributed by atoms with van der Waals surface area (Å²) in [6.45, 7) is 0.0824. The van der Waals surface area contributed by atoms with Gasteiger partial charge in [-0.05, 0) is 24.3 Å². The quantitative estimate of drug-likeness (QED) is 0.819. The van der Waals surface area contributed by atoms with Crippen molar-refractivity contribution in [1.29, 1.82) is 0 Å². The fraction of sp³-hybridized carbons (Fsp3) is 0.188. The Hall–Kier alpha value is -2.53. The Kier molecular flexibility index (Phi) is 5.17. The molecule has 0 saturated carbocycles. The standard InChI is InChI=1S/C16H17NO4/c1-20-11-15(16(18)19)17-12-6-5-9-14(10-12)21-13-7-3-2-4-8-13/h2-10,15,17H,11H2,1H3,(H,18,19). The first-order valence-electron chi connectivity index (χ1n) is 6.50. The van der Waals surface area contributed by atoms with Crippen LogP contribution in [0.3, 0.4) is 0 Å². The minimum Gasteiger partial charge on any atom is -0.480 e. The molecular weight excluding hydrogens is 270 g/mol. The van der Waals surface area contributed by atoms with Crippen molar-refractivity contribution in [1.82, 2.24) is 0 Å². The molecule has 0 amide bonds. The van der Waals surface area contributed by atoms with E-state index in [1.807, 2.05) is 36.4 Å². The maximum absolute atomic E-state index is 11.1. The van der Waals surface area contributed by atoms with Gasteiger partial charge in [-0.2, -0.15) is 0 Å². The summed E-state index contributed by atoms with van der Waals surface area (Å²) >= 11 is 0. The molecule has 5 heteroatoms. The molecule has 2 rings (SSSR count). The zero-order valence-corrected chi connectivity index (χ0v) is 11.7. The summed E-state index contributed by atoms with van der Waals surface area (Å²) in [5.74, 6) is 0.389. The van der Waals surface area contributed by atoms with Gasteiger partial charge in [0.15, 0.2) is 0 Å². The molecule has 0 fully saturated rings. The zero-order chi connectivity index (χ0) is 15.1. The minimum atomic E-state index is -0.966. The fourth-order valence-electron chi connectivity index (χ4n) is 1.82. The third-order valence-corrected chi connectivity index (χ3v) is 2.79. The molecule has 1 atom stereocenters. The minimum absolute atomic E-state index is 0.0824. The van der Waals surface area contributed by atoms with Crippen LogP contribution in [0.1, 0.15) is 0 Å². The van der Waals surface area contributed by atoms with Crippen molar-refractivity contribution < 1.29 is 19.4 Å². The van der Waals surface area contributed by atoms with Crippen molar-refractivity contribution >= 4 is 11.7 Å². The van der Waals surface area contributed by atoms with Crippen LogP contribution in [0, 0.1) is 0 Å². The van der Waals surface area contributed by atoms with Gasteiger partial charge in [0.25, 0.3) is 0 Å². The van der Waals surface area contributed by atoms with Crippen molar-refractivity contribution in [2.75, 3.05) is 19.0 Å². The van der Waals surface area contributed by atoms with E-state index in [2.05, 4.69) is 5.32 Å². The van der Waals surface area contributed by atoms with Crippen molar-refractivity contribution in [3.05, 3.63) is 54.6 Å². The number of carboxylic acids is 1. The SMILES string of the molecule is COCC(Nc1cccc(Oc2ccccc2)c1)C(=O)O. The first-order chi connectivity index (χ1) is 10.2. The van der Waals surface area contributed by atoms with Gasteiger partial charge in [-0.15, -0.1) is 0 Å². The lowest BCUT2D eigenvalue weighted by Crippen LogP contribution is -2.33. The summed E-state index contributed by atoms with van der Waals surface area (Å²) in [5.41, 5.74) is 0.660. The highest BCUT2D eigenvalue weighted by Crippen LogP contribution is 2.24. The summed E-state index contributed by atoms with van der Waals surface area (Å²) in [7, 11) is 1.46.